The van der Waals surface area contributed by atoms with Crippen molar-refractivity contribution in [1.29, 1.82) is 0 Å². The van der Waals surface area contributed by atoms with Crippen LogP contribution in [0.25, 0.3) is 0 Å². The van der Waals surface area contributed by atoms with E-state index >= 15 is 0 Å². The molecular weight excluding hydrogens is 558 g/mol. The molecule has 3 aliphatic rings. The smallest absolute Gasteiger partial charge is 0.270 e. The summed E-state index contributed by atoms with van der Waals surface area (Å²) in [6.45, 7) is 5.07. The molecule has 3 aliphatic carbocycles. The fourth-order valence-corrected chi connectivity index (χ4v) is 6.34. The molecule has 0 bridgehead atoms. The molecule has 0 saturated heterocycles. The summed E-state index contributed by atoms with van der Waals surface area (Å²) in [5.41, 5.74) is 2.76. The Morgan fingerprint density at radius 1 is 0.977 bits per heavy atom. The third-order valence-electron chi connectivity index (χ3n) is 8.59. The minimum atomic E-state index is -2.74. The number of halogens is 2. The molecule has 4 amide bonds. The molecule has 4 N–H and O–H groups in total. The molecule has 0 aliphatic heterocycles. The molecule has 1 aromatic heterocycles. The lowest BCUT2D eigenvalue weighted by Crippen LogP contribution is -2.50. The van der Waals surface area contributed by atoms with E-state index in [1.807, 2.05) is 26.0 Å². The number of aromatic nitrogens is 2. The Labute approximate surface area is 249 Å². The summed E-state index contributed by atoms with van der Waals surface area (Å²) in [6, 6.07) is 4.68. The Balaban J connectivity index is 1.29. The maximum Gasteiger partial charge on any atom is 0.270 e. The number of carbonyl (C=O) groups excluding carboxylic acids is 4. The third kappa shape index (κ3) is 7.40. The Hall–Kier alpha value is -3.83. The van der Waals surface area contributed by atoms with Gasteiger partial charge in [-0.1, -0.05) is 6.07 Å². The van der Waals surface area contributed by atoms with Crippen LogP contribution in [0.1, 0.15) is 93.0 Å². The van der Waals surface area contributed by atoms with Crippen molar-refractivity contribution in [3.8, 4) is 0 Å². The van der Waals surface area contributed by atoms with Gasteiger partial charge in [0.15, 0.2) is 0 Å². The first-order chi connectivity index (χ1) is 20.5. The SMILES string of the molecule is CC(=O)N[C@H](CC(F)F)C(=O)N[C@@H]1CCc2cc(NC(=O)[C@@H](NC(=O)c3ccnn3C(C)C)C(C3CC3)C3CC3)ccc21. The number of alkyl halides is 2. The van der Waals surface area contributed by atoms with Crippen LogP contribution in [0.5, 0.6) is 0 Å². The van der Waals surface area contributed by atoms with E-state index in [9.17, 15) is 28.0 Å². The van der Waals surface area contributed by atoms with Gasteiger partial charge in [-0.2, -0.15) is 5.10 Å². The summed E-state index contributed by atoms with van der Waals surface area (Å²) < 4.78 is 27.6. The topological polar surface area (TPSA) is 134 Å². The van der Waals surface area contributed by atoms with Crippen LogP contribution in [0.4, 0.5) is 14.5 Å². The Kier molecular flexibility index (Phi) is 9.12. The van der Waals surface area contributed by atoms with Crippen molar-refractivity contribution in [2.75, 3.05) is 5.32 Å². The zero-order valence-corrected chi connectivity index (χ0v) is 24.7. The Bertz CT molecular complexity index is 1360. The molecule has 0 spiro atoms. The summed E-state index contributed by atoms with van der Waals surface area (Å²) in [5.74, 6) is -0.912. The minimum absolute atomic E-state index is 0.00805. The largest absolute Gasteiger partial charge is 0.347 e. The zero-order chi connectivity index (χ0) is 30.8. The van der Waals surface area contributed by atoms with E-state index in [-0.39, 0.29) is 23.8 Å². The van der Waals surface area contributed by atoms with Gasteiger partial charge in [0.05, 0.1) is 6.04 Å². The van der Waals surface area contributed by atoms with Crippen LogP contribution in [-0.2, 0) is 20.8 Å². The van der Waals surface area contributed by atoms with Gasteiger partial charge in [-0.25, -0.2) is 8.78 Å². The number of nitrogens with zero attached hydrogens (tertiary/aromatic N) is 2. The lowest BCUT2D eigenvalue weighted by atomic mass is 9.88. The van der Waals surface area contributed by atoms with Crippen LogP contribution >= 0.6 is 0 Å². The number of amides is 4. The molecule has 2 aromatic rings. The van der Waals surface area contributed by atoms with Gasteiger partial charge < -0.3 is 21.3 Å². The van der Waals surface area contributed by atoms with Crippen LogP contribution < -0.4 is 21.3 Å². The van der Waals surface area contributed by atoms with Crippen molar-refractivity contribution in [3.63, 3.8) is 0 Å². The lowest BCUT2D eigenvalue weighted by Gasteiger charge is -2.28. The summed E-state index contributed by atoms with van der Waals surface area (Å²) in [4.78, 5) is 51.3. The molecule has 2 saturated carbocycles. The number of aryl methyl sites for hydroxylation is 1. The average Bonchev–Trinajstić information content (AvgIpc) is 3.87. The highest BCUT2D eigenvalue weighted by atomic mass is 19.3. The third-order valence-corrected chi connectivity index (χ3v) is 8.59. The molecule has 43 heavy (non-hydrogen) atoms. The molecule has 1 heterocycles. The predicted molar refractivity (Wildman–Crippen MR) is 155 cm³/mol. The molecule has 0 radical (unpaired) electrons. The van der Waals surface area contributed by atoms with Gasteiger partial charge in [-0.15, -0.1) is 0 Å². The monoisotopic (exact) mass is 598 g/mol. The van der Waals surface area contributed by atoms with Crippen LogP contribution in [0.15, 0.2) is 30.5 Å². The molecule has 232 valence electrons. The van der Waals surface area contributed by atoms with Gasteiger partial charge in [-0.3, -0.25) is 23.9 Å². The summed E-state index contributed by atoms with van der Waals surface area (Å²) in [6.07, 6.45) is 3.47. The minimum Gasteiger partial charge on any atom is -0.347 e. The number of rotatable bonds is 13. The molecular formula is C31H40F2N6O4. The van der Waals surface area contributed by atoms with E-state index in [4.69, 9.17) is 0 Å². The fraction of sp³-hybridized carbons (Fsp3) is 0.581. The standard InChI is InChI=1S/C31H40F2N6O4/c1-16(2)39-25(12-13-34-39)30(42)38-28(27(18-4-5-18)19-6-7-19)31(43)36-21-9-10-22-20(14-21)8-11-23(22)37-29(41)24(15-26(32)33)35-17(3)40/h9-10,12-14,16,18-19,23-24,26-28H,4-8,11,15H2,1-3H3,(H,35,40)(H,36,43)(H,37,41)(H,38,42)/t23-,24-,28+/m1/s1. The number of anilines is 1. The van der Waals surface area contributed by atoms with Crippen molar-refractivity contribution in [3.05, 3.63) is 47.3 Å². The van der Waals surface area contributed by atoms with Gasteiger partial charge in [0.2, 0.25) is 24.1 Å². The molecule has 0 unspecified atom stereocenters. The van der Waals surface area contributed by atoms with E-state index in [1.54, 1.807) is 23.0 Å². The fourth-order valence-electron chi connectivity index (χ4n) is 6.34. The first-order valence-corrected chi connectivity index (χ1v) is 15.2. The van der Waals surface area contributed by atoms with E-state index in [1.165, 1.54) is 6.92 Å². The first-order valence-electron chi connectivity index (χ1n) is 15.2. The van der Waals surface area contributed by atoms with Crippen molar-refractivity contribution in [1.82, 2.24) is 25.7 Å². The second-order valence-corrected chi connectivity index (χ2v) is 12.3. The van der Waals surface area contributed by atoms with Gasteiger partial charge in [0.25, 0.3) is 5.91 Å². The summed E-state index contributed by atoms with van der Waals surface area (Å²) in [7, 11) is 0. The van der Waals surface area contributed by atoms with Crippen LogP contribution in [-0.4, -0.2) is 51.9 Å². The highest BCUT2D eigenvalue weighted by Crippen LogP contribution is 2.51. The van der Waals surface area contributed by atoms with Gasteiger partial charge in [-0.05, 0) is 99.5 Å². The maximum atomic E-state index is 13.8. The van der Waals surface area contributed by atoms with E-state index in [2.05, 4.69) is 26.4 Å². The second-order valence-electron chi connectivity index (χ2n) is 12.3. The number of benzene rings is 1. The molecule has 1 aromatic carbocycles. The van der Waals surface area contributed by atoms with Crippen LogP contribution in [0, 0.1) is 17.8 Å². The highest BCUT2D eigenvalue weighted by Gasteiger charge is 2.48. The number of hydrogen-bond acceptors (Lipinski definition) is 5. The van der Waals surface area contributed by atoms with Crippen molar-refractivity contribution < 1.29 is 28.0 Å². The van der Waals surface area contributed by atoms with Crippen molar-refractivity contribution in [2.45, 2.75) is 96.3 Å². The normalized spacial score (nSPS) is 19.2. The van der Waals surface area contributed by atoms with Crippen molar-refractivity contribution in [2.24, 2.45) is 17.8 Å². The van der Waals surface area contributed by atoms with E-state index < -0.39 is 42.8 Å². The first kappa shape index (κ1) is 30.6. The predicted octanol–water partition coefficient (Wildman–Crippen LogP) is 3.90. The molecule has 2 fully saturated rings. The number of nitrogens with one attached hydrogen (secondary N) is 4. The number of hydrogen-bond donors (Lipinski definition) is 4. The zero-order valence-electron chi connectivity index (χ0n) is 24.7. The molecule has 10 nitrogen and oxygen atoms in total. The summed E-state index contributed by atoms with van der Waals surface area (Å²) in [5, 5.41) is 15.4. The molecule has 3 atom stereocenters. The molecule has 5 rings (SSSR count). The lowest BCUT2D eigenvalue weighted by molar-refractivity contribution is -0.129. The Morgan fingerprint density at radius 3 is 2.28 bits per heavy atom. The van der Waals surface area contributed by atoms with Crippen molar-refractivity contribution >= 4 is 29.3 Å². The second kappa shape index (κ2) is 12.8. The van der Waals surface area contributed by atoms with Crippen LogP contribution in [0.3, 0.4) is 0 Å². The van der Waals surface area contributed by atoms with E-state index in [0.29, 0.717) is 36.1 Å². The quantitative estimate of drug-likeness (QED) is 0.278. The molecule has 12 heteroatoms. The highest BCUT2D eigenvalue weighted by molar-refractivity contribution is 6.01. The van der Waals surface area contributed by atoms with Gasteiger partial charge in [0.1, 0.15) is 17.8 Å². The Morgan fingerprint density at radius 2 is 1.67 bits per heavy atom. The number of fused-ring (bicyclic) bond motifs is 1. The van der Waals surface area contributed by atoms with E-state index in [0.717, 1.165) is 36.8 Å². The van der Waals surface area contributed by atoms with Gasteiger partial charge in [0, 0.05) is 31.3 Å². The number of carbonyl (C=O) groups is 4. The van der Waals surface area contributed by atoms with Crippen LogP contribution in [0.2, 0.25) is 0 Å². The average molecular weight is 599 g/mol. The summed E-state index contributed by atoms with van der Waals surface area (Å²) >= 11 is 0. The maximum absolute atomic E-state index is 13.8. The van der Waals surface area contributed by atoms with Gasteiger partial charge >= 0.3 is 0 Å².